The van der Waals surface area contributed by atoms with Crippen molar-refractivity contribution in [2.45, 2.75) is 47.1 Å². The van der Waals surface area contributed by atoms with Gasteiger partial charge in [-0.2, -0.15) is 0 Å². The minimum Gasteiger partial charge on any atom is -0.481 e. The number of carboxylic acids is 1. The lowest BCUT2D eigenvalue weighted by Crippen LogP contribution is -2.04. The van der Waals surface area contributed by atoms with Crippen molar-refractivity contribution < 1.29 is 24.2 Å². The van der Waals surface area contributed by atoms with E-state index in [9.17, 15) is 14.4 Å². The van der Waals surface area contributed by atoms with Crippen LogP contribution in [0.1, 0.15) is 53.3 Å². The van der Waals surface area contributed by atoms with Gasteiger partial charge in [0, 0.05) is 38.8 Å². The van der Waals surface area contributed by atoms with Crippen molar-refractivity contribution in [1.82, 2.24) is 0 Å². The summed E-state index contributed by atoms with van der Waals surface area (Å²) >= 11 is 6.91. The number of hydrogen-bond donors (Lipinski definition) is 1. The van der Waals surface area contributed by atoms with E-state index in [2.05, 4.69) is 40.2 Å². The number of Topliss-reactive ketones (excluding diaryl/α,β-unsaturated/α-hetero) is 1. The molecule has 0 aliphatic rings. The Balaban J connectivity index is 2.08. The molecule has 2 rings (SSSR count). The lowest BCUT2D eigenvalue weighted by Gasteiger charge is -2.17. The number of hydrogen-bond acceptors (Lipinski definition) is 6. The van der Waals surface area contributed by atoms with Crippen molar-refractivity contribution in [1.29, 1.82) is 0 Å². The summed E-state index contributed by atoms with van der Waals surface area (Å²) in [6.07, 6.45) is 1.88. The second-order valence-corrected chi connectivity index (χ2v) is 10.3. The Labute approximate surface area is 205 Å². The molecule has 1 N–H and O–H groups in total. The van der Waals surface area contributed by atoms with Crippen LogP contribution in [-0.2, 0) is 14.3 Å². The average Bonchev–Trinajstić information content (AvgIpc) is 2.81. The predicted molar refractivity (Wildman–Crippen MR) is 133 cm³/mol. The van der Waals surface area contributed by atoms with E-state index in [0.717, 1.165) is 28.0 Å². The summed E-state index contributed by atoms with van der Waals surface area (Å²) in [4.78, 5) is 36.7. The first-order chi connectivity index (χ1) is 15.4. The Bertz CT molecular complexity index is 884. The van der Waals surface area contributed by atoms with E-state index in [4.69, 9.17) is 9.84 Å². The highest BCUT2D eigenvalue weighted by Crippen LogP contribution is 2.39. The van der Waals surface area contributed by atoms with Crippen LogP contribution in [0.5, 0.6) is 0 Å². The van der Waals surface area contributed by atoms with Gasteiger partial charge in [0.1, 0.15) is 0 Å². The summed E-state index contributed by atoms with van der Waals surface area (Å²) in [6.45, 7) is 0. The first kappa shape index (κ1) is 26.5. The topological polar surface area (TPSA) is 80.7 Å². The molecule has 0 saturated carbocycles. The molecule has 8 heteroatoms. The fourth-order valence-corrected chi connectivity index (χ4v) is 5.57. The monoisotopic (exact) mass is 538 g/mol. The van der Waals surface area contributed by atoms with Gasteiger partial charge in [-0.25, -0.2) is 0 Å². The van der Waals surface area contributed by atoms with Gasteiger partial charge >= 0.3 is 11.9 Å². The van der Waals surface area contributed by atoms with Crippen LogP contribution in [0.2, 0.25) is 0 Å². The molecular formula is C24H27BrO5S2. The molecule has 2 aromatic rings. The third-order valence-corrected chi connectivity index (χ3v) is 7.65. The van der Waals surface area contributed by atoms with Crippen LogP contribution in [0.4, 0.5) is 0 Å². The lowest BCUT2D eigenvalue weighted by molar-refractivity contribution is -0.140. The molecular weight excluding hydrogens is 512 g/mol. The number of ether oxygens (including phenoxy) is 1. The second-order valence-electron chi connectivity index (χ2n) is 7.02. The van der Waals surface area contributed by atoms with Gasteiger partial charge in [0.05, 0.1) is 13.5 Å². The molecule has 0 radical (unpaired) electrons. The molecule has 0 bridgehead atoms. The van der Waals surface area contributed by atoms with Gasteiger partial charge in [-0.15, -0.1) is 23.5 Å². The van der Waals surface area contributed by atoms with Crippen LogP contribution in [0.3, 0.4) is 0 Å². The molecule has 0 aliphatic carbocycles. The summed E-state index contributed by atoms with van der Waals surface area (Å²) in [5, 5.41) is 9.80. The van der Waals surface area contributed by atoms with Gasteiger partial charge in [0.15, 0.2) is 5.78 Å². The maximum Gasteiger partial charge on any atom is 0.305 e. The van der Waals surface area contributed by atoms with Crippen LogP contribution in [0.25, 0.3) is 0 Å². The van der Waals surface area contributed by atoms with Crippen molar-refractivity contribution in [2.75, 3.05) is 18.2 Å². The van der Waals surface area contributed by atoms with Crippen LogP contribution >= 0.6 is 39.5 Å². The Morgan fingerprint density at radius 3 is 2.22 bits per heavy atom. The van der Waals surface area contributed by atoms with Gasteiger partial charge < -0.3 is 9.84 Å². The fourth-order valence-electron chi connectivity index (χ4n) is 2.92. The number of methoxy groups -OCH3 is 1. The Kier molecular flexibility index (Phi) is 11.9. The maximum absolute atomic E-state index is 12.1. The SMILES string of the molecule is COC(=O)CCC(Sc1ccc(C(=O)CCC(=O)O)cc1)c1ccc(SCCCBr)cc1. The second kappa shape index (κ2) is 14.4. The summed E-state index contributed by atoms with van der Waals surface area (Å²) in [5.74, 6) is -0.342. The molecule has 1 unspecified atom stereocenters. The van der Waals surface area contributed by atoms with Crippen LogP contribution < -0.4 is 0 Å². The number of carbonyl (C=O) groups excluding carboxylic acids is 2. The maximum atomic E-state index is 12.1. The van der Waals surface area contributed by atoms with Crippen molar-refractivity contribution in [3.63, 3.8) is 0 Å². The molecule has 0 fully saturated rings. The number of benzene rings is 2. The largest absolute Gasteiger partial charge is 0.481 e. The number of halogens is 1. The Morgan fingerprint density at radius 1 is 0.969 bits per heavy atom. The van der Waals surface area contributed by atoms with E-state index in [1.807, 2.05) is 23.9 Å². The van der Waals surface area contributed by atoms with Crippen LogP contribution in [0.15, 0.2) is 58.3 Å². The molecule has 0 aromatic heterocycles. The van der Waals surface area contributed by atoms with Crippen molar-refractivity contribution in [3.8, 4) is 0 Å². The Morgan fingerprint density at radius 2 is 1.62 bits per heavy atom. The number of ketones is 1. The normalized spacial score (nSPS) is 11.7. The van der Waals surface area contributed by atoms with Crippen molar-refractivity contribution >= 4 is 57.2 Å². The van der Waals surface area contributed by atoms with Crippen molar-refractivity contribution in [3.05, 3.63) is 59.7 Å². The summed E-state index contributed by atoms with van der Waals surface area (Å²) in [5.41, 5.74) is 1.64. The molecule has 0 heterocycles. The molecule has 32 heavy (non-hydrogen) atoms. The number of thioether (sulfide) groups is 2. The first-order valence-corrected chi connectivity index (χ1v) is 13.3. The fraction of sp³-hybridized carbons (Fsp3) is 0.375. The Hall–Kier alpha value is -1.77. The number of rotatable bonds is 14. The van der Waals surface area contributed by atoms with E-state index >= 15 is 0 Å². The van der Waals surface area contributed by atoms with E-state index in [0.29, 0.717) is 18.4 Å². The zero-order valence-electron chi connectivity index (χ0n) is 17.9. The summed E-state index contributed by atoms with van der Waals surface area (Å²) in [6, 6.07) is 15.6. The zero-order chi connectivity index (χ0) is 23.3. The van der Waals surface area contributed by atoms with E-state index < -0.39 is 5.97 Å². The number of carbonyl (C=O) groups is 3. The highest BCUT2D eigenvalue weighted by atomic mass is 79.9. The third-order valence-electron chi connectivity index (χ3n) is 4.66. The van der Waals surface area contributed by atoms with Gasteiger partial charge in [0.25, 0.3) is 0 Å². The summed E-state index contributed by atoms with van der Waals surface area (Å²) < 4.78 is 4.81. The van der Waals surface area contributed by atoms with Crippen LogP contribution in [-0.4, -0.2) is 41.0 Å². The standard InChI is InChI=1S/C24H27BrO5S2/c1-30-24(29)14-12-22(18-5-7-19(8-6-18)31-16-2-15-25)32-20-9-3-17(4-10-20)21(26)11-13-23(27)28/h3-10,22H,2,11-16H2,1H3,(H,27,28). The smallest absolute Gasteiger partial charge is 0.305 e. The molecule has 172 valence electrons. The molecule has 0 amide bonds. The zero-order valence-corrected chi connectivity index (χ0v) is 21.1. The molecule has 0 spiro atoms. The van der Waals surface area contributed by atoms with Gasteiger partial charge in [-0.05, 0) is 48.4 Å². The highest BCUT2D eigenvalue weighted by molar-refractivity contribution is 9.09. The highest BCUT2D eigenvalue weighted by Gasteiger charge is 2.17. The third kappa shape index (κ3) is 9.38. The van der Waals surface area contributed by atoms with Gasteiger partial charge in [0.2, 0.25) is 0 Å². The number of alkyl halides is 1. The van der Waals surface area contributed by atoms with E-state index in [-0.39, 0.29) is 29.8 Å². The number of carboxylic acid groups (broad SMARTS) is 1. The summed E-state index contributed by atoms with van der Waals surface area (Å²) in [7, 11) is 1.39. The average molecular weight is 540 g/mol. The first-order valence-electron chi connectivity index (χ1n) is 10.3. The minimum absolute atomic E-state index is 0.0103. The molecule has 1 atom stereocenters. The molecule has 5 nitrogen and oxygen atoms in total. The van der Waals surface area contributed by atoms with Gasteiger partial charge in [-0.3, -0.25) is 14.4 Å². The van der Waals surface area contributed by atoms with E-state index in [1.54, 1.807) is 23.9 Å². The van der Waals surface area contributed by atoms with Crippen LogP contribution in [0, 0.1) is 0 Å². The van der Waals surface area contributed by atoms with E-state index in [1.165, 1.54) is 12.0 Å². The van der Waals surface area contributed by atoms with Crippen molar-refractivity contribution in [2.24, 2.45) is 0 Å². The molecule has 2 aromatic carbocycles. The number of aliphatic carboxylic acids is 1. The lowest BCUT2D eigenvalue weighted by atomic mass is 10.1. The molecule has 0 saturated heterocycles. The molecule has 0 aliphatic heterocycles. The quantitative estimate of drug-likeness (QED) is 0.0979. The van der Waals surface area contributed by atoms with Gasteiger partial charge in [-0.1, -0.05) is 40.2 Å². The number of esters is 1. The minimum atomic E-state index is -0.980. The predicted octanol–water partition coefficient (Wildman–Crippen LogP) is 6.40.